The van der Waals surface area contributed by atoms with E-state index in [4.69, 9.17) is 12.2 Å². The lowest BCUT2D eigenvalue weighted by Gasteiger charge is -2.31. The molecule has 24 heavy (non-hydrogen) atoms. The van der Waals surface area contributed by atoms with E-state index in [-0.39, 0.29) is 40.4 Å². The Bertz CT molecular complexity index is 538. The summed E-state index contributed by atoms with van der Waals surface area (Å²) >= 11 is 6.35. The van der Waals surface area contributed by atoms with E-state index in [1.54, 1.807) is 0 Å². The topological polar surface area (TPSA) is 68.3 Å². The third-order valence-electron chi connectivity index (χ3n) is 4.13. The molecule has 0 aliphatic heterocycles. The molecule has 134 valence electrons. The Balaban J connectivity index is 0.000000254. The van der Waals surface area contributed by atoms with E-state index in [0.717, 1.165) is 0 Å². The molecular formula is C18H26O4S2. The van der Waals surface area contributed by atoms with E-state index in [1.165, 1.54) is 11.8 Å². The van der Waals surface area contributed by atoms with Gasteiger partial charge in [-0.3, -0.25) is 19.2 Å². The van der Waals surface area contributed by atoms with Crippen LogP contribution < -0.4 is 0 Å². The van der Waals surface area contributed by atoms with E-state index in [9.17, 15) is 19.2 Å². The fourth-order valence-electron chi connectivity index (χ4n) is 3.25. The Morgan fingerprint density at radius 3 is 1.58 bits per heavy atom. The second-order valence-electron chi connectivity index (χ2n) is 8.18. The number of carbonyl (C=O) groups excluding carboxylic acids is 4. The van der Waals surface area contributed by atoms with Crippen LogP contribution in [0.4, 0.5) is 0 Å². The van der Waals surface area contributed by atoms with Crippen molar-refractivity contribution in [3.8, 4) is 0 Å². The highest BCUT2D eigenvalue weighted by molar-refractivity contribution is 8.22. The first-order valence-electron chi connectivity index (χ1n) is 8.03. The molecule has 0 N–H and O–H groups in total. The lowest BCUT2D eigenvalue weighted by molar-refractivity contribution is -0.137. The van der Waals surface area contributed by atoms with E-state index in [1.807, 2.05) is 34.0 Å². The van der Waals surface area contributed by atoms with Gasteiger partial charge < -0.3 is 0 Å². The molecule has 0 heterocycles. The normalized spacial score (nSPS) is 23.5. The molecule has 0 bridgehead atoms. The van der Waals surface area contributed by atoms with Crippen LogP contribution in [0.2, 0.25) is 0 Å². The van der Waals surface area contributed by atoms with E-state index >= 15 is 0 Å². The number of rotatable bonds is 1. The highest BCUT2D eigenvalue weighted by atomic mass is 32.2. The molecule has 4 nitrogen and oxygen atoms in total. The maximum absolute atomic E-state index is 11.7. The van der Waals surface area contributed by atoms with Gasteiger partial charge in [0.05, 0.1) is 10.6 Å². The summed E-state index contributed by atoms with van der Waals surface area (Å²) in [5, 5.41) is 0. The highest BCUT2D eigenvalue weighted by Crippen LogP contribution is 2.35. The van der Waals surface area contributed by atoms with Crippen LogP contribution in [0.5, 0.6) is 0 Å². The summed E-state index contributed by atoms with van der Waals surface area (Å²) in [4.78, 5) is 45.1. The van der Waals surface area contributed by atoms with Crippen LogP contribution in [-0.4, -0.2) is 33.6 Å². The Hall–Kier alpha value is -0.880. The molecule has 6 heteroatoms. The van der Waals surface area contributed by atoms with E-state index < -0.39 is 5.92 Å². The molecule has 2 fully saturated rings. The summed E-state index contributed by atoms with van der Waals surface area (Å²) in [5.41, 5.74) is -0.259. The minimum absolute atomic E-state index is 0.00870. The maximum atomic E-state index is 11.7. The van der Waals surface area contributed by atoms with Crippen molar-refractivity contribution < 1.29 is 19.2 Å². The standard InChI is InChI=1S/C10H14O2S2.C8H12O2/c1-10(2)4-6(11)8(7(12)5-10)9(13)14-3;1-8(2)4-6(9)3-7(10)5-8/h8H,4-5H2,1-3H3;3-5H2,1-2H3. The summed E-state index contributed by atoms with van der Waals surface area (Å²) in [5.74, 6) is -0.438. The van der Waals surface area contributed by atoms with Crippen LogP contribution >= 0.6 is 24.0 Å². The number of Topliss-reactive ketones (excluding diaryl/α,β-unsaturated/α-hetero) is 4. The Morgan fingerprint density at radius 2 is 1.25 bits per heavy atom. The van der Waals surface area contributed by atoms with Crippen molar-refractivity contribution in [1.82, 2.24) is 0 Å². The predicted molar refractivity (Wildman–Crippen MR) is 100 cm³/mol. The van der Waals surface area contributed by atoms with Gasteiger partial charge >= 0.3 is 0 Å². The van der Waals surface area contributed by atoms with Crippen molar-refractivity contribution in [3.63, 3.8) is 0 Å². The Labute approximate surface area is 153 Å². The fourth-order valence-corrected chi connectivity index (χ4v) is 4.01. The monoisotopic (exact) mass is 370 g/mol. The maximum Gasteiger partial charge on any atom is 0.149 e. The average Bonchev–Trinajstić information content (AvgIpc) is 2.33. The van der Waals surface area contributed by atoms with Gasteiger partial charge in [0.25, 0.3) is 0 Å². The molecule has 0 atom stereocenters. The van der Waals surface area contributed by atoms with Crippen molar-refractivity contribution in [1.29, 1.82) is 0 Å². The van der Waals surface area contributed by atoms with Crippen molar-refractivity contribution in [2.24, 2.45) is 16.7 Å². The summed E-state index contributed by atoms with van der Waals surface area (Å²) in [6.45, 7) is 7.81. The second kappa shape index (κ2) is 8.00. The number of ketones is 4. The lowest BCUT2D eigenvalue weighted by Crippen LogP contribution is -2.40. The molecule has 0 radical (unpaired) electrons. The van der Waals surface area contributed by atoms with Gasteiger partial charge in [-0.15, -0.1) is 11.8 Å². The largest absolute Gasteiger partial charge is 0.299 e. The first-order chi connectivity index (χ1) is 10.9. The zero-order valence-corrected chi connectivity index (χ0v) is 16.7. The van der Waals surface area contributed by atoms with Crippen molar-refractivity contribution in [2.75, 3.05) is 6.26 Å². The zero-order valence-electron chi connectivity index (χ0n) is 15.1. The SMILES string of the molecule is CC1(C)CC(=O)CC(=O)C1.CSC(=S)C1C(=O)CC(C)(C)CC1=O. The van der Waals surface area contributed by atoms with Gasteiger partial charge in [0.2, 0.25) is 0 Å². The Kier molecular flexibility index (Phi) is 7.05. The van der Waals surface area contributed by atoms with Gasteiger partial charge in [0, 0.05) is 25.7 Å². The van der Waals surface area contributed by atoms with Gasteiger partial charge in [-0.05, 0) is 17.1 Å². The van der Waals surface area contributed by atoms with Crippen molar-refractivity contribution in [3.05, 3.63) is 0 Å². The minimum atomic E-state index is -0.618. The minimum Gasteiger partial charge on any atom is -0.299 e. The molecule has 2 saturated carbocycles. The summed E-state index contributed by atoms with van der Waals surface area (Å²) in [6, 6.07) is 0. The summed E-state index contributed by atoms with van der Waals surface area (Å²) < 4.78 is 0.524. The predicted octanol–water partition coefficient (Wildman–Crippen LogP) is 3.59. The van der Waals surface area contributed by atoms with Gasteiger partial charge in [-0.25, -0.2) is 0 Å². The van der Waals surface area contributed by atoms with Gasteiger partial charge in [-0.1, -0.05) is 39.9 Å². The van der Waals surface area contributed by atoms with Crippen molar-refractivity contribution >= 4 is 51.3 Å². The van der Waals surface area contributed by atoms with Gasteiger partial charge in [-0.2, -0.15) is 0 Å². The molecule has 0 aromatic rings. The number of hydrogen-bond donors (Lipinski definition) is 0. The van der Waals surface area contributed by atoms with E-state index in [0.29, 0.717) is 29.9 Å². The Morgan fingerprint density at radius 1 is 0.875 bits per heavy atom. The smallest absolute Gasteiger partial charge is 0.149 e. The third kappa shape index (κ3) is 6.20. The third-order valence-corrected chi connectivity index (χ3v) is 5.51. The molecule has 2 aliphatic rings. The second-order valence-corrected chi connectivity index (χ2v) is 9.72. The molecule has 2 rings (SSSR count). The first-order valence-corrected chi connectivity index (χ1v) is 9.67. The number of hydrogen-bond acceptors (Lipinski definition) is 6. The average molecular weight is 371 g/mol. The van der Waals surface area contributed by atoms with Crippen LogP contribution in [0, 0.1) is 16.7 Å². The highest BCUT2D eigenvalue weighted by Gasteiger charge is 2.41. The van der Waals surface area contributed by atoms with Gasteiger partial charge in [0.1, 0.15) is 29.1 Å². The number of carbonyl (C=O) groups is 4. The summed E-state index contributed by atoms with van der Waals surface area (Å²) in [6.07, 6.45) is 4.04. The van der Waals surface area contributed by atoms with Crippen LogP contribution in [0.15, 0.2) is 0 Å². The van der Waals surface area contributed by atoms with Crippen LogP contribution in [0.25, 0.3) is 0 Å². The fraction of sp³-hybridized carbons (Fsp3) is 0.722. The van der Waals surface area contributed by atoms with E-state index in [2.05, 4.69) is 0 Å². The lowest BCUT2D eigenvalue weighted by atomic mass is 9.72. The van der Waals surface area contributed by atoms with Gasteiger partial charge in [0.15, 0.2) is 0 Å². The zero-order chi connectivity index (χ0) is 18.7. The number of thiocarbonyl (C=S) groups is 1. The molecule has 0 saturated heterocycles. The molecule has 0 unspecified atom stereocenters. The molecule has 0 aromatic heterocycles. The van der Waals surface area contributed by atoms with Crippen LogP contribution in [0.1, 0.15) is 59.8 Å². The molecule has 0 amide bonds. The molecule has 2 aliphatic carbocycles. The quantitative estimate of drug-likeness (QED) is 0.519. The van der Waals surface area contributed by atoms with Crippen LogP contribution in [0.3, 0.4) is 0 Å². The first kappa shape index (κ1) is 21.2. The molecular weight excluding hydrogens is 344 g/mol. The summed E-state index contributed by atoms with van der Waals surface area (Å²) in [7, 11) is 0. The molecule has 0 aromatic carbocycles. The van der Waals surface area contributed by atoms with Crippen molar-refractivity contribution in [2.45, 2.75) is 59.8 Å². The van der Waals surface area contributed by atoms with Crippen LogP contribution in [-0.2, 0) is 19.2 Å². The number of thioether (sulfide) groups is 1. The molecule has 0 spiro atoms.